The van der Waals surface area contributed by atoms with Crippen LogP contribution >= 0.6 is 10.0 Å². The molecule has 0 fully saturated rings. The Bertz CT molecular complexity index is 147. The van der Waals surface area contributed by atoms with Crippen LogP contribution in [0.1, 0.15) is 46.0 Å². The van der Waals surface area contributed by atoms with Crippen molar-refractivity contribution in [2.24, 2.45) is 0 Å². The van der Waals surface area contributed by atoms with Crippen molar-refractivity contribution in [3.8, 4) is 0 Å². The van der Waals surface area contributed by atoms with Crippen LogP contribution in [-0.2, 0) is 0 Å². The molecule has 1 nitrogen and oxygen atoms in total. The van der Waals surface area contributed by atoms with E-state index in [0.717, 1.165) is 0 Å². The first-order chi connectivity index (χ1) is 7.49. The third kappa shape index (κ3) is 10.8. The van der Waals surface area contributed by atoms with Crippen LogP contribution in [0.25, 0.3) is 0 Å². The van der Waals surface area contributed by atoms with E-state index in [1.807, 2.05) is 0 Å². The second-order valence-electron chi connectivity index (χ2n) is 5.59. The van der Waals surface area contributed by atoms with E-state index in [1.165, 1.54) is 57.5 Å². The summed E-state index contributed by atoms with van der Waals surface area (Å²) < 4.78 is 0. The van der Waals surface area contributed by atoms with Gasteiger partial charge in [-0.05, 0) is 57.0 Å². The molecule has 0 saturated heterocycles. The zero-order valence-corrected chi connectivity index (χ0v) is 13.0. The van der Waals surface area contributed by atoms with Crippen LogP contribution in [0.2, 0.25) is 0 Å². The number of nitrogens with zero attached hydrogens (tertiary/aromatic N) is 1. The smallest absolute Gasteiger partial charge is 0.00190 e. The highest BCUT2D eigenvalue weighted by Gasteiger charge is 2.03. The van der Waals surface area contributed by atoms with Gasteiger partial charge in [0.05, 0.1) is 0 Å². The maximum atomic E-state index is 2.53. The van der Waals surface area contributed by atoms with Crippen LogP contribution in [0.3, 0.4) is 0 Å². The average Bonchev–Trinajstić information content (AvgIpc) is 2.21. The Morgan fingerprint density at radius 2 is 1.25 bits per heavy atom. The fourth-order valence-electron chi connectivity index (χ4n) is 1.94. The first-order valence-corrected chi connectivity index (χ1v) is 9.90. The Kier molecular flexibility index (Phi) is 9.53. The molecule has 2 heteroatoms. The highest BCUT2D eigenvalue weighted by Crippen LogP contribution is 2.35. The van der Waals surface area contributed by atoms with E-state index in [1.54, 1.807) is 0 Å². The van der Waals surface area contributed by atoms with Crippen molar-refractivity contribution in [2.75, 3.05) is 44.2 Å². The summed E-state index contributed by atoms with van der Waals surface area (Å²) in [5, 5.41) is 0. The lowest BCUT2D eigenvalue weighted by atomic mass is 10.1. The van der Waals surface area contributed by atoms with Crippen LogP contribution < -0.4 is 0 Å². The molecule has 0 unspecified atom stereocenters. The van der Waals surface area contributed by atoms with Gasteiger partial charge in [-0.15, -0.1) is 0 Å². The van der Waals surface area contributed by atoms with E-state index in [2.05, 4.69) is 37.5 Å². The van der Waals surface area contributed by atoms with Gasteiger partial charge >= 0.3 is 0 Å². The second-order valence-corrected chi connectivity index (χ2v) is 10.2. The van der Waals surface area contributed by atoms with Gasteiger partial charge in [0.2, 0.25) is 0 Å². The first-order valence-electron chi connectivity index (χ1n) is 6.88. The van der Waals surface area contributed by atoms with Crippen LogP contribution in [0.5, 0.6) is 0 Å². The molecular weight excluding hydrogens is 214 g/mol. The first kappa shape index (κ1) is 16.3. The molecule has 0 aromatic rings. The molecule has 0 radical (unpaired) electrons. The molecule has 0 aromatic heterocycles. The SMILES string of the molecule is CCN(CC)CCCCCCCS(C)(C)C. The minimum Gasteiger partial charge on any atom is -0.304 e. The van der Waals surface area contributed by atoms with Crippen molar-refractivity contribution in [3.63, 3.8) is 0 Å². The van der Waals surface area contributed by atoms with E-state index in [0.29, 0.717) is 0 Å². The summed E-state index contributed by atoms with van der Waals surface area (Å²) >= 11 is 0. The van der Waals surface area contributed by atoms with Crippen LogP contribution in [0.15, 0.2) is 0 Å². The highest BCUT2D eigenvalue weighted by molar-refractivity contribution is 8.32. The second kappa shape index (κ2) is 9.35. The molecule has 16 heavy (non-hydrogen) atoms. The minimum atomic E-state index is -0.246. The Morgan fingerprint density at radius 3 is 1.75 bits per heavy atom. The van der Waals surface area contributed by atoms with E-state index >= 15 is 0 Å². The van der Waals surface area contributed by atoms with Crippen molar-refractivity contribution >= 4 is 10.0 Å². The highest BCUT2D eigenvalue weighted by atomic mass is 32.3. The molecule has 0 bridgehead atoms. The lowest BCUT2D eigenvalue weighted by Crippen LogP contribution is -2.23. The quantitative estimate of drug-likeness (QED) is 0.528. The lowest BCUT2D eigenvalue weighted by molar-refractivity contribution is 0.295. The summed E-state index contributed by atoms with van der Waals surface area (Å²) in [6.07, 6.45) is 14.4. The zero-order chi connectivity index (χ0) is 12.4. The molecule has 0 heterocycles. The number of hydrogen-bond acceptors (Lipinski definition) is 1. The van der Waals surface area contributed by atoms with Gasteiger partial charge in [-0.2, -0.15) is 0 Å². The number of hydrogen-bond donors (Lipinski definition) is 0. The van der Waals surface area contributed by atoms with Crippen molar-refractivity contribution in [1.82, 2.24) is 4.90 Å². The Balaban J connectivity index is 3.21. The van der Waals surface area contributed by atoms with E-state index < -0.39 is 0 Å². The molecule has 100 valence electrons. The third-order valence-corrected chi connectivity index (χ3v) is 4.64. The van der Waals surface area contributed by atoms with Gasteiger partial charge in [0.1, 0.15) is 0 Å². The van der Waals surface area contributed by atoms with Crippen molar-refractivity contribution in [2.45, 2.75) is 46.0 Å². The molecule has 0 N–H and O–H groups in total. The summed E-state index contributed by atoms with van der Waals surface area (Å²) in [4.78, 5) is 2.53. The summed E-state index contributed by atoms with van der Waals surface area (Å²) in [6.45, 7) is 8.25. The summed E-state index contributed by atoms with van der Waals surface area (Å²) in [5.74, 6) is 1.46. The van der Waals surface area contributed by atoms with E-state index in [4.69, 9.17) is 0 Å². The Labute approximate surface area is 105 Å². The molecule has 0 aliphatic rings. The van der Waals surface area contributed by atoms with Crippen LogP contribution in [-0.4, -0.2) is 49.1 Å². The molecule has 0 rings (SSSR count). The summed E-state index contributed by atoms with van der Waals surface area (Å²) in [7, 11) is -0.246. The number of rotatable bonds is 10. The van der Waals surface area contributed by atoms with Gasteiger partial charge in [0, 0.05) is 0 Å². The minimum absolute atomic E-state index is 0.246. The maximum absolute atomic E-state index is 2.53. The van der Waals surface area contributed by atoms with Gasteiger partial charge in [-0.1, -0.05) is 33.1 Å². The zero-order valence-electron chi connectivity index (χ0n) is 12.2. The molecule has 0 amide bonds. The summed E-state index contributed by atoms with van der Waals surface area (Å²) in [5.41, 5.74) is 0. The monoisotopic (exact) mass is 247 g/mol. The molecule has 0 atom stereocenters. The summed E-state index contributed by atoms with van der Waals surface area (Å²) in [6, 6.07) is 0. The topological polar surface area (TPSA) is 3.24 Å². The predicted molar refractivity (Wildman–Crippen MR) is 81.1 cm³/mol. The molecule has 0 aliphatic carbocycles. The largest absolute Gasteiger partial charge is 0.304 e. The predicted octanol–water partition coefficient (Wildman–Crippen LogP) is 3.97. The fraction of sp³-hybridized carbons (Fsp3) is 1.00. The van der Waals surface area contributed by atoms with Gasteiger partial charge < -0.3 is 4.90 Å². The lowest BCUT2D eigenvalue weighted by Gasteiger charge is -2.24. The molecule has 0 aromatic carbocycles. The van der Waals surface area contributed by atoms with E-state index in [-0.39, 0.29) is 10.0 Å². The van der Waals surface area contributed by atoms with Gasteiger partial charge in [0.25, 0.3) is 0 Å². The maximum Gasteiger partial charge on any atom is -0.00190 e. The van der Waals surface area contributed by atoms with Gasteiger partial charge in [-0.3, -0.25) is 0 Å². The molecule has 0 aliphatic heterocycles. The molecular formula is C14H33NS. The average molecular weight is 247 g/mol. The van der Waals surface area contributed by atoms with Crippen molar-refractivity contribution < 1.29 is 0 Å². The molecule has 0 saturated carbocycles. The third-order valence-electron chi connectivity index (χ3n) is 3.13. The van der Waals surface area contributed by atoms with E-state index in [9.17, 15) is 0 Å². The van der Waals surface area contributed by atoms with Gasteiger partial charge in [-0.25, -0.2) is 10.0 Å². The Hall–Kier alpha value is 0.310. The van der Waals surface area contributed by atoms with Crippen molar-refractivity contribution in [3.05, 3.63) is 0 Å². The normalized spacial score (nSPS) is 13.4. The standard InChI is InChI=1S/C14H33NS/c1-6-15(7-2)13-11-9-8-10-12-14-16(3,4)5/h6-14H2,1-5H3. The number of unbranched alkanes of at least 4 members (excludes halogenated alkanes) is 4. The van der Waals surface area contributed by atoms with Crippen LogP contribution in [0, 0.1) is 0 Å². The molecule has 0 spiro atoms. The van der Waals surface area contributed by atoms with Gasteiger partial charge in [0.15, 0.2) is 0 Å². The van der Waals surface area contributed by atoms with Crippen molar-refractivity contribution in [1.29, 1.82) is 0 Å². The Morgan fingerprint density at radius 1 is 0.750 bits per heavy atom. The van der Waals surface area contributed by atoms with Crippen LogP contribution in [0.4, 0.5) is 0 Å². The fourth-order valence-corrected chi connectivity index (χ4v) is 3.01.